The fourth-order valence-corrected chi connectivity index (χ4v) is 4.00. The number of ether oxygens (including phenoxy) is 2. The monoisotopic (exact) mass is 413 g/mol. The Labute approximate surface area is 163 Å². The van der Waals surface area contributed by atoms with Gasteiger partial charge in [0.2, 0.25) is 10.0 Å². The van der Waals surface area contributed by atoms with Crippen LogP contribution in [0.25, 0.3) is 0 Å². The van der Waals surface area contributed by atoms with E-state index in [1.807, 2.05) is 0 Å². The van der Waals surface area contributed by atoms with Gasteiger partial charge in [-0.1, -0.05) is 11.6 Å². The molecule has 2 rings (SSSR count). The van der Waals surface area contributed by atoms with Crippen LogP contribution in [-0.4, -0.2) is 51.1 Å². The number of sulfonamides is 1. The van der Waals surface area contributed by atoms with Crippen molar-refractivity contribution in [3.8, 4) is 11.5 Å². The molecule has 2 aromatic rings. The molecule has 146 valence electrons. The second-order valence-electron chi connectivity index (χ2n) is 5.71. The molecule has 0 bridgehead atoms. The van der Waals surface area contributed by atoms with Gasteiger partial charge in [0.1, 0.15) is 17.5 Å². The van der Waals surface area contributed by atoms with E-state index in [-0.39, 0.29) is 11.3 Å². The highest BCUT2D eigenvalue weighted by Crippen LogP contribution is 2.27. The van der Waals surface area contributed by atoms with E-state index in [2.05, 4.69) is 0 Å². The first-order valence-electron chi connectivity index (χ1n) is 7.88. The lowest BCUT2D eigenvalue weighted by Gasteiger charge is -2.25. The summed E-state index contributed by atoms with van der Waals surface area (Å²) in [7, 11) is 0.135. The predicted molar refractivity (Wildman–Crippen MR) is 101 cm³/mol. The quantitative estimate of drug-likeness (QED) is 0.715. The van der Waals surface area contributed by atoms with Crippen LogP contribution in [-0.2, 0) is 21.2 Å². The van der Waals surface area contributed by atoms with E-state index in [0.717, 1.165) is 4.31 Å². The van der Waals surface area contributed by atoms with E-state index in [0.29, 0.717) is 22.1 Å². The topological polar surface area (TPSA) is 93.1 Å². The number of halogens is 1. The molecule has 0 saturated carbocycles. The lowest BCUT2D eigenvalue weighted by molar-refractivity contribution is -0.141. The SMILES string of the molecule is COc1ccc(OC)c(C[C@@H](C(=O)O)N(C)S(=O)(=O)c2ccc(Cl)cc2)c1. The molecule has 0 fully saturated rings. The van der Waals surface area contributed by atoms with E-state index in [9.17, 15) is 18.3 Å². The number of hydrogen-bond acceptors (Lipinski definition) is 5. The number of rotatable bonds is 8. The summed E-state index contributed by atoms with van der Waals surface area (Å²) in [4.78, 5) is 11.8. The number of nitrogens with zero attached hydrogens (tertiary/aromatic N) is 1. The maximum absolute atomic E-state index is 12.8. The number of carbonyl (C=O) groups is 1. The molecule has 0 aliphatic heterocycles. The molecule has 0 heterocycles. The van der Waals surface area contributed by atoms with Crippen molar-refractivity contribution in [1.29, 1.82) is 0 Å². The normalized spacial score (nSPS) is 12.6. The van der Waals surface area contributed by atoms with Gasteiger partial charge in [-0.3, -0.25) is 4.79 Å². The molecular weight excluding hydrogens is 394 g/mol. The maximum atomic E-state index is 12.8. The Kier molecular flexibility index (Phi) is 6.69. The molecule has 0 spiro atoms. The highest BCUT2D eigenvalue weighted by atomic mass is 35.5. The lowest BCUT2D eigenvalue weighted by Crippen LogP contribution is -2.43. The third-order valence-corrected chi connectivity index (χ3v) is 6.25. The summed E-state index contributed by atoms with van der Waals surface area (Å²) < 4.78 is 36.9. The van der Waals surface area contributed by atoms with Crippen molar-refractivity contribution in [1.82, 2.24) is 4.31 Å². The average Bonchev–Trinajstić information content (AvgIpc) is 2.65. The minimum atomic E-state index is -4.03. The fourth-order valence-electron chi connectivity index (χ4n) is 2.56. The molecule has 2 aromatic carbocycles. The number of methoxy groups -OCH3 is 2. The number of carboxylic acid groups (broad SMARTS) is 1. The van der Waals surface area contributed by atoms with E-state index >= 15 is 0 Å². The van der Waals surface area contributed by atoms with E-state index < -0.39 is 22.0 Å². The van der Waals surface area contributed by atoms with Crippen LogP contribution in [0, 0.1) is 0 Å². The van der Waals surface area contributed by atoms with Crippen LogP contribution >= 0.6 is 11.6 Å². The predicted octanol–water partition coefficient (Wildman–Crippen LogP) is 2.67. The summed E-state index contributed by atoms with van der Waals surface area (Å²) in [5.41, 5.74) is 0.516. The summed E-state index contributed by atoms with van der Waals surface area (Å²) in [5, 5.41) is 10.0. The molecule has 0 aromatic heterocycles. The molecule has 1 atom stereocenters. The smallest absolute Gasteiger partial charge is 0.322 e. The summed E-state index contributed by atoms with van der Waals surface area (Å²) in [6, 6.07) is 9.13. The van der Waals surface area contributed by atoms with Gasteiger partial charge < -0.3 is 14.6 Å². The number of carboxylic acids is 1. The van der Waals surface area contributed by atoms with Crippen molar-refractivity contribution in [2.45, 2.75) is 17.4 Å². The third kappa shape index (κ3) is 4.71. The maximum Gasteiger partial charge on any atom is 0.322 e. The van der Waals surface area contributed by atoms with Crippen LogP contribution in [0.4, 0.5) is 0 Å². The van der Waals surface area contributed by atoms with Crippen molar-refractivity contribution in [2.24, 2.45) is 0 Å². The van der Waals surface area contributed by atoms with Crippen molar-refractivity contribution in [2.75, 3.05) is 21.3 Å². The molecular formula is C18H20ClNO6S. The van der Waals surface area contributed by atoms with Gasteiger partial charge in [-0.25, -0.2) is 8.42 Å². The lowest BCUT2D eigenvalue weighted by atomic mass is 10.0. The first kappa shape index (κ1) is 21.0. The van der Waals surface area contributed by atoms with Gasteiger partial charge in [0.05, 0.1) is 19.1 Å². The zero-order valence-electron chi connectivity index (χ0n) is 15.0. The Morgan fingerprint density at radius 1 is 1.15 bits per heavy atom. The molecule has 0 unspecified atom stereocenters. The molecule has 1 N–H and O–H groups in total. The number of aliphatic carboxylic acids is 1. The standard InChI is InChI=1S/C18H20ClNO6S/c1-20(27(23,24)15-7-4-13(19)5-8-15)16(18(21)22)11-12-10-14(25-2)6-9-17(12)26-3/h4-10,16H,11H2,1-3H3,(H,21,22)/t16-/m0/s1. The average molecular weight is 414 g/mol. The van der Waals surface area contributed by atoms with Gasteiger partial charge in [-0.05, 0) is 48.0 Å². The van der Waals surface area contributed by atoms with Crippen molar-refractivity contribution >= 4 is 27.6 Å². The van der Waals surface area contributed by atoms with E-state index in [1.54, 1.807) is 18.2 Å². The highest BCUT2D eigenvalue weighted by molar-refractivity contribution is 7.89. The summed E-state index contributed by atoms with van der Waals surface area (Å²) in [6.45, 7) is 0. The van der Waals surface area contributed by atoms with Crippen LogP contribution in [0.3, 0.4) is 0 Å². The summed E-state index contributed by atoms with van der Waals surface area (Å²) >= 11 is 5.80. The van der Waals surface area contributed by atoms with Gasteiger partial charge in [0, 0.05) is 18.5 Å². The Morgan fingerprint density at radius 2 is 1.78 bits per heavy atom. The van der Waals surface area contributed by atoms with Crippen molar-refractivity contribution in [3.05, 3.63) is 53.1 Å². The van der Waals surface area contributed by atoms with Gasteiger partial charge >= 0.3 is 5.97 Å². The zero-order chi connectivity index (χ0) is 20.2. The summed E-state index contributed by atoms with van der Waals surface area (Å²) in [5.74, 6) is -0.322. The number of likely N-dealkylation sites (N-methyl/N-ethyl adjacent to an activating group) is 1. The Balaban J connectivity index is 2.40. The minimum absolute atomic E-state index is 0.0433. The van der Waals surface area contributed by atoms with Crippen LogP contribution < -0.4 is 9.47 Å². The van der Waals surface area contributed by atoms with Gasteiger partial charge in [-0.15, -0.1) is 0 Å². The van der Waals surface area contributed by atoms with Crippen LogP contribution in [0.1, 0.15) is 5.56 Å². The number of benzene rings is 2. The molecule has 0 amide bonds. The van der Waals surface area contributed by atoms with Crippen molar-refractivity contribution < 1.29 is 27.8 Å². The third-order valence-electron chi connectivity index (χ3n) is 4.12. The Morgan fingerprint density at radius 3 is 2.30 bits per heavy atom. The highest BCUT2D eigenvalue weighted by Gasteiger charge is 2.33. The molecule has 0 saturated heterocycles. The van der Waals surface area contributed by atoms with Gasteiger partial charge in [-0.2, -0.15) is 4.31 Å². The molecule has 27 heavy (non-hydrogen) atoms. The minimum Gasteiger partial charge on any atom is -0.497 e. The number of hydrogen-bond donors (Lipinski definition) is 1. The molecule has 0 aliphatic rings. The Bertz CT molecular complexity index is 914. The first-order chi connectivity index (χ1) is 12.7. The second-order valence-corrected chi connectivity index (χ2v) is 8.15. The molecule has 0 radical (unpaired) electrons. The second kappa shape index (κ2) is 8.60. The first-order valence-corrected chi connectivity index (χ1v) is 9.69. The summed E-state index contributed by atoms with van der Waals surface area (Å²) in [6.07, 6.45) is -0.0982. The zero-order valence-corrected chi connectivity index (χ0v) is 16.6. The van der Waals surface area contributed by atoms with Gasteiger partial charge in [0.15, 0.2) is 0 Å². The molecule has 9 heteroatoms. The Hall–Kier alpha value is -2.29. The van der Waals surface area contributed by atoms with Crippen LogP contribution in [0.15, 0.2) is 47.4 Å². The van der Waals surface area contributed by atoms with E-state index in [4.69, 9.17) is 21.1 Å². The van der Waals surface area contributed by atoms with Crippen LogP contribution in [0.5, 0.6) is 11.5 Å². The molecule has 0 aliphatic carbocycles. The van der Waals surface area contributed by atoms with Gasteiger partial charge in [0.25, 0.3) is 0 Å². The molecule has 7 nitrogen and oxygen atoms in total. The largest absolute Gasteiger partial charge is 0.497 e. The van der Waals surface area contributed by atoms with Crippen LogP contribution in [0.2, 0.25) is 5.02 Å². The van der Waals surface area contributed by atoms with Crippen molar-refractivity contribution in [3.63, 3.8) is 0 Å². The van der Waals surface area contributed by atoms with E-state index in [1.165, 1.54) is 45.5 Å². The fraction of sp³-hybridized carbons (Fsp3) is 0.278.